The van der Waals surface area contributed by atoms with Crippen LogP contribution < -0.4 is 0 Å². The van der Waals surface area contributed by atoms with E-state index < -0.39 is 24.4 Å². The van der Waals surface area contributed by atoms with Crippen LogP contribution >= 0.6 is 0 Å². The number of carbonyl (C=O) groups excluding carboxylic acids is 1. The van der Waals surface area contributed by atoms with Gasteiger partial charge in [0.25, 0.3) is 0 Å². The number of hydrogen-bond acceptors (Lipinski definition) is 3. The van der Waals surface area contributed by atoms with Crippen LogP contribution in [0.25, 0.3) is 0 Å². The number of amides is 1. The Morgan fingerprint density at radius 3 is 2.35 bits per heavy atom. The van der Waals surface area contributed by atoms with Crippen molar-refractivity contribution in [2.45, 2.75) is 31.8 Å². The Bertz CT molecular complexity index is 436. The number of aliphatic hydroxyl groups is 1. The minimum atomic E-state index is -4.80. The normalized spacial score (nSPS) is 14.5. The summed E-state index contributed by atoms with van der Waals surface area (Å²) in [7, 11) is 1.08. The molecule has 0 fully saturated rings. The van der Waals surface area contributed by atoms with E-state index >= 15 is 0 Å². The summed E-state index contributed by atoms with van der Waals surface area (Å²) in [5, 5.41) is 9.27. The van der Waals surface area contributed by atoms with E-state index in [1.54, 1.807) is 30.3 Å². The van der Waals surface area contributed by atoms with Gasteiger partial charge in [-0.15, -0.1) is 0 Å². The molecule has 7 heteroatoms. The minimum Gasteiger partial charge on any atom is -0.453 e. The molecule has 112 valence electrons. The van der Waals surface area contributed by atoms with Crippen LogP contribution in [0.3, 0.4) is 0 Å². The number of benzene rings is 1. The Hall–Kier alpha value is -1.76. The van der Waals surface area contributed by atoms with Gasteiger partial charge in [0.15, 0.2) is 6.10 Å². The van der Waals surface area contributed by atoms with Crippen molar-refractivity contribution in [3.05, 3.63) is 35.9 Å². The second kappa shape index (κ2) is 6.60. The van der Waals surface area contributed by atoms with Crippen molar-refractivity contribution < 1.29 is 27.8 Å². The molecule has 1 N–H and O–H groups in total. The van der Waals surface area contributed by atoms with Gasteiger partial charge in [-0.3, -0.25) is 4.90 Å². The largest absolute Gasteiger partial charge is 0.453 e. The van der Waals surface area contributed by atoms with Crippen molar-refractivity contribution in [3.63, 3.8) is 0 Å². The van der Waals surface area contributed by atoms with E-state index in [2.05, 4.69) is 4.74 Å². The third-order valence-electron chi connectivity index (χ3n) is 2.89. The third-order valence-corrected chi connectivity index (χ3v) is 2.89. The quantitative estimate of drug-likeness (QED) is 0.927. The van der Waals surface area contributed by atoms with Crippen LogP contribution in [0.5, 0.6) is 0 Å². The molecule has 0 saturated carbocycles. The van der Waals surface area contributed by atoms with E-state index in [-0.39, 0.29) is 6.54 Å². The van der Waals surface area contributed by atoms with E-state index in [1.165, 1.54) is 0 Å². The molecule has 0 radical (unpaired) electrons. The third kappa shape index (κ3) is 4.12. The Balaban J connectivity index is 2.92. The summed E-state index contributed by atoms with van der Waals surface area (Å²) in [6.07, 6.45) is -8.36. The van der Waals surface area contributed by atoms with Gasteiger partial charge in [0, 0.05) is 6.54 Å². The molecule has 0 aromatic heterocycles. The fourth-order valence-electron chi connectivity index (χ4n) is 1.72. The molecule has 1 rings (SSSR count). The van der Waals surface area contributed by atoms with Crippen LogP contribution in [0.2, 0.25) is 0 Å². The predicted octanol–water partition coefficient (Wildman–Crippen LogP) is 2.57. The molecule has 1 aromatic carbocycles. The first kappa shape index (κ1) is 16.3. The number of methoxy groups -OCH3 is 1. The lowest BCUT2D eigenvalue weighted by Gasteiger charge is -2.32. The zero-order valence-corrected chi connectivity index (χ0v) is 11.1. The van der Waals surface area contributed by atoms with Crippen LogP contribution in [0.1, 0.15) is 12.5 Å². The van der Waals surface area contributed by atoms with Crippen molar-refractivity contribution >= 4 is 6.09 Å². The zero-order valence-electron chi connectivity index (χ0n) is 11.1. The highest BCUT2D eigenvalue weighted by atomic mass is 19.4. The Morgan fingerprint density at radius 2 is 1.90 bits per heavy atom. The van der Waals surface area contributed by atoms with Crippen molar-refractivity contribution in [1.82, 2.24) is 4.90 Å². The lowest BCUT2D eigenvalue weighted by molar-refractivity contribution is -0.218. The second-order valence-electron chi connectivity index (χ2n) is 4.31. The average Bonchev–Trinajstić information content (AvgIpc) is 2.42. The summed E-state index contributed by atoms with van der Waals surface area (Å²) in [4.78, 5) is 12.5. The highest BCUT2D eigenvalue weighted by Gasteiger charge is 2.45. The molecule has 4 nitrogen and oxygen atoms in total. The van der Waals surface area contributed by atoms with Crippen molar-refractivity contribution in [2.75, 3.05) is 7.11 Å². The Kier molecular flexibility index (Phi) is 5.38. The zero-order chi connectivity index (χ0) is 15.3. The van der Waals surface area contributed by atoms with Crippen molar-refractivity contribution in [1.29, 1.82) is 0 Å². The molecule has 1 amide bonds. The molecule has 0 aliphatic carbocycles. The topological polar surface area (TPSA) is 49.8 Å². The highest BCUT2D eigenvalue weighted by Crippen LogP contribution is 2.26. The van der Waals surface area contributed by atoms with Crippen LogP contribution in [0.4, 0.5) is 18.0 Å². The molecule has 1 aromatic rings. The molecule has 0 bridgehead atoms. The van der Waals surface area contributed by atoms with E-state index in [9.17, 15) is 23.1 Å². The van der Waals surface area contributed by atoms with E-state index in [1.807, 2.05) is 0 Å². The Morgan fingerprint density at radius 1 is 1.35 bits per heavy atom. The van der Waals surface area contributed by atoms with Crippen LogP contribution in [-0.2, 0) is 11.3 Å². The molecule has 0 saturated heterocycles. The molecule has 20 heavy (non-hydrogen) atoms. The first-order valence-corrected chi connectivity index (χ1v) is 5.90. The van der Waals surface area contributed by atoms with Gasteiger partial charge in [0.2, 0.25) is 0 Å². The number of nitrogens with zero attached hydrogens (tertiary/aromatic N) is 1. The lowest BCUT2D eigenvalue weighted by atomic mass is 10.1. The number of hydrogen-bond donors (Lipinski definition) is 1. The molecule has 2 atom stereocenters. The minimum absolute atomic E-state index is 0.0815. The first-order valence-electron chi connectivity index (χ1n) is 5.90. The number of ether oxygens (including phenoxy) is 1. The van der Waals surface area contributed by atoms with Gasteiger partial charge in [0.05, 0.1) is 13.2 Å². The van der Waals surface area contributed by atoms with E-state index in [0.29, 0.717) is 5.56 Å². The van der Waals surface area contributed by atoms with Gasteiger partial charge >= 0.3 is 12.3 Å². The SMILES string of the molecule is COC(=O)N(Cc1ccccc1)C(C)C(O)C(F)(F)F. The monoisotopic (exact) mass is 291 g/mol. The number of carbonyl (C=O) groups is 1. The first-order chi connectivity index (χ1) is 9.27. The van der Waals surface area contributed by atoms with Gasteiger partial charge < -0.3 is 9.84 Å². The molecule has 0 aliphatic rings. The van der Waals surface area contributed by atoms with Gasteiger partial charge in [-0.05, 0) is 12.5 Å². The van der Waals surface area contributed by atoms with Crippen molar-refractivity contribution in [2.24, 2.45) is 0 Å². The molecule has 0 aliphatic heterocycles. The number of aliphatic hydroxyl groups excluding tert-OH is 1. The van der Waals surface area contributed by atoms with Crippen LogP contribution in [-0.4, -0.2) is 41.5 Å². The fourth-order valence-corrected chi connectivity index (χ4v) is 1.72. The maximum absolute atomic E-state index is 12.5. The van der Waals surface area contributed by atoms with Crippen LogP contribution in [0.15, 0.2) is 30.3 Å². The molecule has 0 spiro atoms. The smallest absolute Gasteiger partial charge is 0.416 e. The maximum atomic E-state index is 12.5. The standard InChI is InChI=1S/C13H16F3NO3/c1-9(11(18)13(14,15)16)17(12(19)20-2)8-10-6-4-3-5-7-10/h3-7,9,11,18H,8H2,1-2H3. The Labute approximate surface area is 114 Å². The lowest BCUT2D eigenvalue weighted by Crippen LogP contribution is -2.50. The molecular formula is C13H16F3NO3. The molecule has 2 unspecified atom stereocenters. The van der Waals surface area contributed by atoms with Gasteiger partial charge in [-0.2, -0.15) is 13.2 Å². The van der Waals surface area contributed by atoms with Crippen LogP contribution in [0, 0.1) is 0 Å². The number of alkyl halides is 3. The summed E-state index contributed by atoms with van der Waals surface area (Å²) in [6, 6.07) is 7.04. The summed E-state index contributed by atoms with van der Waals surface area (Å²) < 4.78 is 42.1. The van der Waals surface area contributed by atoms with Gasteiger partial charge in [-0.1, -0.05) is 30.3 Å². The molecule has 0 heterocycles. The predicted molar refractivity (Wildman–Crippen MR) is 65.9 cm³/mol. The van der Waals surface area contributed by atoms with Gasteiger partial charge in [0.1, 0.15) is 0 Å². The number of halogens is 3. The summed E-state index contributed by atoms with van der Waals surface area (Å²) in [5.74, 6) is 0. The summed E-state index contributed by atoms with van der Waals surface area (Å²) in [5.41, 5.74) is 0.638. The number of rotatable bonds is 4. The van der Waals surface area contributed by atoms with E-state index in [4.69, 9.17) is 0 Å². The maximum Gasteiger partial charge on any atom is 0.416 e. The summed E-state index contributed by atoms with van der Waals surface area (Å²) in [6.45, 7) is 1.04. The molecular weight excluding hydrogens is 275 g/mol. The van der Waals surface area contributed by atoms with Gasteiger partial charge in [-0.25, -0.2) is 4.79 Å². The van der Waals surface area contributed by atoms with Crippen molar-refractivity contribution in [3.8, 4) is 0 Å². The van der Waals surface area contributed by atoms with E-state index in [0.717, 1.165) is 18.9 Å². The average molecular weight is 291 g/mol. The second-order valence-corrected chi connectivity index (χ2v) is 4.31. The fraction of sp³-hybridized carbons (Fsp3) is 0.462. The summed E-state index contributed by atoms with van der Waals surface area (Å²) >= 11 is 0. The highest BCUT2D eigenvalue weighted by molar-refractivity contribution is 5.68.